The highest BCUT2D eigenvalue weighted by molar-refractivity contribution is 5.46. The van der Waals surface area contributed by atoms with Gasteiger partial charge in [-0.2, -0.15) is 0 Å². The molecule has 1 aromatic carbocycles. The van der Waals surface area contributed by atoms with E-state index in [-0.39, 0.29) is 5.82 Å². The number of nitrogens with zero attached hydrogens (tertiary/aromatic N) is 1. The zero-order chi connectivity index (χ0) is 12.5. The summed E-state index contributed by atoms with van der Waals surface area (Å²) in [4.78, 5) is 2.25. The minimum atomic E-state index is -0.175. The number of anilines is 1. The zero-order valence-electron chi connectivity index (χ0n) is 10.9. The van der Waals surface area contributed by atoms with Crippen LogP contribution in [0.25, 0.3) is 0 Å². The molecule has 0 amide bonds. The van der Waals surface area contributed by atoms with Gasteiger partial charge in [0.25, 0.3) is 0 Å². The molecule has 1 rings (SSSR count). The summed E-state index contributed by atoms with van der Waals surface area (Å²) in [6.45, 7) is 8.28. The van der Waals surface area contributed by atoms with Gasteiger partial charge in [-0.25, -0.2) is 4.39 Å². The molecule has 0 bridgehead atoms. The standard InChI is InChI=1S/C14H23FN2/c1-3-5-10-16-11-12-17(4-2)14-8-6-13(15)7-9-14/h6-9,16H,3-5,10-12H2,1-2H3. The molecule has 1 N–H and O–H groups in total. The number of hydrogen-bond donors (Lipinski definition) is 1. The van der Waals surface area contributed by atoms with E-state index in [0.29, 0.717) is 0 Å². The van der Waals surface area contributed by atoms with Crippen LogP contribution in [0.15, 0.2) is 24.3 Å². The lowest BCUT2D eigenvalue weighted by atomic mass is 10.2. The van der Waals surface area contributed by atoms with Crippen LogP contribution in [0, 0.1) is 5.82 Å². The Kier molecular flexibility index (Phi) is 6.63. The number of nitrogens with one attached hydrogen (secondary N) is 1. The molecule has 1 aromatic rings. The Morgan fingerprint density at radius 1 is 1.12 bits per heavy atom. The quantitative estimate of drug-likeness (QED) is 0.700. The van der Waals surface area contributed by atoms with Crippen LogP contribution in [0.5, 0.6) is 0 Å². The predicted molar refractivity (Wildman–Crippen MR) is 72.1 cm³/mol. The number of hydrogen-bond acceptors (Lipinski definition) is 2. The average Bonchev–Trinajstić information content (AvgIpc) is 2.35. The van der Waals surface area contributed by atoms with E-state index in [1.165, 1.54) is 25.0 Å². The maximum Gasteiger partial charge on any atom is 0.123 e. The Labute approximate surface area is 104 Å². The van der Waals surface area contributed by atoms with Crippen molar-refractivity contribution in [3.63, 3.8) is 0 Å². The summed E-state index contributed by atoms with van der Waals surface area (Å²) < 4.78 is 12.8. The molecular weight excluding hydrogens is 215 g/mol. The number of unbranched alkanes of at least 4 members (excludes halogenated alkanes) is 1. The van der Waals surface area contributed by atoms with Gasteiger partial charge < -0.3 is 10.2 Å². The van der Waals surface area contributed by atoms with Crippen LogP contribution >= 0.6 is 0 Å². The van der Waals surface area contributed by atoms with Gasteiger partial charge in [-0.3, -0.25) is 0 Å². The molecule has 0 aliphatic carbocycles. The Morgan fingerprint density at radius 2 is 1.82 bits per heavy atom. The molecule has 0 aliphatic rings. The first-order chi connectivity index (χ1) is 8.27. The Hall–Kier alpha value is -1.09. The minimum absolute atomic E-state index is 0.175. The maximum absolute atomic E-state index is 12.8. The van der Waals surface area contributed by atoms with Crippen molar-refractivity contribution in [2.45, 2.75) is 26.7 Å². The summed E-state index contributed by atoms with van der Waals surface area (Å²) in [5, 5.41) is 3.42. The van der Waals surface area contributed by atoms with Crippen molar-refractivity contribution >= 4 is 5.69 Å². The highest BCUT2D eigenvalue weighted by atomic mass is 19.1. The molecular formula is C14H23FN2. The van der Waals surface area contributed by atoms with E-state index in [1.807, 2.05) is 12.1 Å². The number of benzene rings is 1. The summed E-state index contributed by atoms with van der Waals surface area (Å²) in [5.41, 5.74) is 1.09. The van der Waals surface area contributed by atoms with Crippen LogP contribution in [-0.4, -0.2) is 26.2 Å². The van der Waals surface area contributed by atoms with Crippen molar-refractivity contribution in [3.8, 4) is 0 Å². The second-order valence-corrected chi connectivity index (χ2v) is 4.16. The van der Waals surface area contributed by atoms with Gasteiger partial charge in [0, 0.05) is 25.3 Å². The van der Waals surface area contributed by atoms with Crippen molar-refractivity contribution < 1.29 is 4.39 Å². The normalized spacial score (nSPS) is 10.5. The van der Waals surface area contributed by atoms with E-state index in [9.17, 15) is 4.39 Å². The van der Waals surface area contributed by atoms with Gasteiger partial charge in [-0.15, -0.1) is 0 Å². The average molecular weight is 238 g/mol. The van der Waals surface area contributed by atoms with Crippen molar-refractivity contribution in [2.24, 2.45) is 0 Å². The SMILES string of the molecule is CCCCNCCN(CC)c1ccc(F)cc1. The minimum Gasteiger partial charge on any atom is -0.371 e. The van der Waals surface area contributed by atoms with Crippen molar-refractivity contribution in [1.29, 1.82) is 0 Å². The van der Waals surface area contributed by atoms with Crippen molar-refractivity contribution in [1.82, 2.24) is 5.32 Å². The summed E-state index contributed by atoms with van der Waals surface area (Å²) >= 11 is 0. The van der Waals surface area contributed by atoms with E-state index in [0.717, 1.165) is 31.9 Å². The third kappa shape index (κ3) is 5.18. The van der Waals surface area contributed by atoms with Crippen LogP contribution < -0.4 is 10.2 Å². The van der Waals surface area contributed by atoms with Gasteiger partial charge in [0.15, 0.2) is 0 Å². The first-order valence-electron chi connectivity index (χ1n) is 6.49. The van der Waals surface area contributed by atoms with Crippen molar-refractivity contribution in [3.05, 3.63) is 30.1 Å². The van der Waals surface area contributed by atoms with Gasteiger partial charge in [0.05, 0.1) is 0 Å². The van der Waals surface area contributed by atoms with Crippen LogP contribution in [0.4, 0.5) is 10.1 Å². The van der Waals surface area contributed by atoms with E-state index in [2.05, 4.69) is 24.1 Å². The lowest BCUT2D eigenvalue weighted by Crippen LogP contribution is -2.32. The molecule has 0 unspecified atom stereocenters. The molecule has 3 heteroatoms. The number of rotatable bonds is 8. The van der Waals surface area contributed by atoms with E-state index >= 15 is 0 Å². The first kappa shape index (κ1) is 14.0. The fraction of sp³-hybridized carbons (Fsp3) is 0.571. The Morgan fingerprint density at radius 3 is 2.41 bits per heavy atom. The third-order valence-corrected chi connectivity index (χ3v) is 2.84. The lowest BCUT2D eigenvalue weighted by Gasteiger charge is -2.23. The fourth-order valence-electron chi connectivity index (χ4n) is 1.76. The Balaban J connectivity index is 2.35. The lowest BCUT2D eigenvalue weighted by molar-refractivity contribution is 0.623. The molecule has 0 radical (unpaired) electrons. The Bertz CT molecular complexity index is 298. The highest BCUT2D eigenvalue weighted by Gasteiger charge is 2.03. The fourth-order valence-corrected chi connectivity index (χ4v) is 1.76. The van der Waals surface area contributed by atoms with E-state index in [4.69, 9.17) is 0 Å². The largest absolute Gasteiger partial charge is 0.371 e. The maximum atomic E-state index is 12.8. The number of likely N-dealkylation sites (N-methyl/N-ethyl adjacent to an activating group) is 1. The predicted octanol–water partition coefficient (Wildman–Crippen LogP) is 3.04. The van der Waals surface area contributed by atoms with Crippen LogP contribution in [0.2, 0.25) is 0 Å². The van der Waals surface area contributed by atoms with Gasteiger partial charge in [0.1, 0.15) is 5.82 Å². The van der Waals surface area contributed by atoms with Crippen molar-refractivity contribution in [2.75, 3.05) is 31.1 Å². The molecule has 0 spiro atoms. The molecule has 0 aliphatic heterocycles. The molecule has 0 fully saturated rings. The summed E-state index contributed by atoms with van der Waals surface area (Å²) in [6, 6.07) is 6.71. The smallest absolute Gasteiger partial charge is 0.123 e. The molecule has 0 saturated heterocycles. The van der Waals surface area contributed by atoms with Crippen LogP contribution in [0.1, 0.15) is 26.7 Å². The molecule has 2 nitrogen and oxygen atoms in total. The van der Waals surface area contributed by atoms with Gasteiger partial charge in [-0.05, 0) is 44.2 Å². The molecule has 17 heavy (non-hydrogen) atoms. The summed E-state index contributed by atoms with van der Waals surface area (Å²) in [6.07, 6.45) is 2.45. The van der Waals surface area contributed by atoms with Crippen LogP contribution in [0.3, 0.4) is 0 Å². The molecule has 0 heterocycles. The second kappa shape index (κ2) is 8.07. The van der Waals surface area contributed by atoms with Gasteiger partial charge in [-0.1, -0.05) is 13.3 Å². The first-order valence-corrected chi connectivity index (χ1v) is 6.49. The molecule has 0 saturated carbocycles. The van der Waals surface area contributed by atoms with Crippen LogP contribution in [-0.2, 0) is 0 Å². The molecule has 0 atom stereocenters. The highest BCUT2D eigenvalue weighted by Crippen LogP contribution is 2.13. The van der Waals surface area contributed by atoms with Gasteiger partial charge >= 0.3 is 0 Å². The summed E-state index contributed by atoms with van der Waals surface area (Å²) in [5.74, 6) is -0.175. The third-order valence-electron chi connectivity index (χ3n) is 2.84. The zero-order valence-corrected chi connectivity index (χ0v) is 10.9. The molecule has 96 valence electrons. The van der Waals surface area contributed by atoms with Gasteiger partial charge in [0.2, 0.25) is 0 Å². The second-order valence-electron chi connectivity index (χ2n) is 4.16. The molecule has 0 aromatic heterocycles. The number of halogens is 1. The monoisotopic (exact) mass is 238 g/mol. The topological polar surface area (TPSA) is 15.3 Å². The summed E-state index contributed by atoms with van der Waals surface area (Å²) in [7, 11) is 0. The van der Waals surface area contributed by atoms with E-state index < -0.39 is 0 Å². The van der Waals surface area contributed by atoms with E-state index in [1.54, 1.807) is 0 Å².